The molecular formula is C23H29N3O3S. The van der Waals surface area contributed by atoms with Crippen molar-refractivity contribution in [2.45, 2.75) is 38.6 Å². The summed E-state index contributed by atoms with van der Waals surface area (Å²) in [6.07, 6.45) is 2.65. The number of carbonyl (C=O) groups excluding carboxylic acids is 3. The zero-order chi connectivity index (χ0) is 21.3. The van der Waals surface area contributed by atoms with Crippen LogP contribution in [0.4, 0.5) is 0 Å². The Morgan fingerprint density at radius 2 is 1.83 bits per heavy atom. The van der Waals surface area contributed by atoms with E-state index in [1.165, 1.54) is 11.3 Å². The summed E-state index contributed by atoms with van der Waals surface area (Å²) in [7, 11) is 0. The van der Waals surface area contributed by atoms with Gasteiger partial charge in [-0.25, -0.2) is 0 Å². The van der Waals surface area contributed by atoms with Crippen molar-refractivity contribution in [1.29, 1.82) is 0 Å². The zero-order valence-electron chi connectivity index (χ0n) is 17.3. The third kappa shape index (κ3) is 5.92. The number of likely N-dealkylation sites (tertiary alicyclic amines) is 1. The standard InChI is InChI=1S/C23H29N3O3S/c1-2-12-24-21(27)18-10-13-26(14-11-18)23(29)19(16-17-7-4-3-5-8-17)25-22(28)20-9-6-15-30-20/h3-9,15,18-19H,2,10-14,16H2,1H3,(H,24,27)(H,25,28). The van der Waals surface area contributed by atoms with Crippen LogP contribution in [-0.4, -0.2) is 48.3 Å². The van der Waals surface area contributed by atoms with E-state index in [4.69, 9.17) is 0 Å². The van der Waals surface area contributed by atoms with Gasteiger partial charge in [0.25, 0.3) is 5.91 Å². The Morgan fingerprint density at radius 1 is 1.10 bits per heavy atom. The third-order valence-electron chi connectivity index (χ3n) is 5.36. The average Bonchev–Trinajstić information content (AvgIpc) is 3.32. The molecule has 1 saturated heterocycles. The van der Waals surface area contributed by atoms with Crippen molar-refractivity contribution in [3.63, 3.8) is 0 Å². The summed E-state index contributed by atoms with van der Waals surface area (Å²) in [5, 5.41) is 7.72. The van der Waals surface area contributed by atoms with Crippen LogP contribution in [-0.2, 0) is 16.0 Å². The van der Waals surface area contributed by atoms with Gasteiger partial charge in [0, 0.05) is 32.0 Å². The van der Waals surface area contributed by atoms with Crippen molar-refractivity contribution in [3.8, 4) is 0 Å². The maximum atomic E-state index is 13.3. The highest BCUT2D eigenvalue weighted by molar-refractivity contribution is 7.12. The zero-order valence-corrected chi connectivity index (χ0v) is 18.1. The minimum absolute atomic E-state index is 0.0473. The van der Waals surface area contributed by atoms with E-state index in [2.05, 4.69) is 10.6 Å². The second-order valence-electron chi connectivity index (χ2n) is 7.58. The van der Waals surface area contributed by atoms with Crippen molar-refractivity contribution in [1.82, 2.24) is 15.5 Å². The molecule has 1 aliphatic rings. The molecule has 1 unspecified atom stereocenters. The Balaban J connectivity index is 1.64. The minimum atomic E-state index is -0.632. The van der Waals surface area contributed by atoms with Crippen LogP contribution in [0, 0.1) is 5.92 Å². The summed E-state index contributed by atoms with van der Waals surface area (Å²) in [5.74, 6) is -0.283. The molecule has 1 fully saturated rings. The quantitative estimate of drug-likeness (QED) is 0.680. The van der Waals surface area contributed by atoms with E-state index in [1.807, 2.05) is 48.7 Å². The van der Waals surface area contributed by atoms with Gasteiger partial charge >= 0.3 is 0 Å². The first kappa shape index (κ1) is 22.0. The molecule has 30 heavy (non-hydrogen) atoms. The SMILES string of the molecule is CCCNC(=O)C1CCN(C(=O)C(Cc2ccccc2)NC(=O)c2cccs2)CC1. The molecule has 160 valence electrons. The van der Waals surface area contributed by atoms with Crippen molar-refractivity contribution in [2.24, 2.45) is 5.92 Å². The predicted molar refractivity (Wildman–Crippen MR) is 118 cm³/mol. The maximum absolute atomic E-state index is 13.3. The van der Waals surface area contributed by atoms with Gasteiger partial charge in [-0.1, -0.05) is 43.3 Å². The summed E-state index contributed by atoms with van der Waals surface area (Å²) in [5.41, 5.74) is 0.996. The fourth-order valence-electron chi connectivity index (χ4n) is 3.66. The fourth-order valence-corrected chi connectivity index (χ4v) is 4.29. The Hall–Kier alpha value is -2.67. The van der Waals surface area contributed by atoms with Crippen molar-refractivity contribution in [3.05, 3.63) is 58.3 Å². The summed E-state index contributed by atoms with van der Waals surface area (Å²) in [6, 6.07) is 12.7. The molecule has 0 saturated carbocycles. The molecule has 3 amide bonds. The number of hydrogen-bond donors (Lipinski definition) is 2. The van der Waals surface area contributed by atoms with E-state index < -0.39 is 6.04 Å². The van der Waals surface area contributed by atoms with Gasteiger partial charge in [-0.3, -0.25) is 14.4 Å². The van der Waals surface area contributed by atoms with Crippen molar-refractivity contribution < 1.29 is 14.4 Å². The first-order valence-electron chi connectivity index (χ1n) is 10.5. The maximum Gasteiger partial charge on any atom is 0.262 e. The smallest absolute Gasteiger partial charge is 0.262 e. The van der Waals surface area contributed by atoms with Crippen LogP contribution in [0.25, 0.3) is 0 Å². The van der Waals surface area contributed by atoms with E-state index in [0.717, 1.165) is 12.0 Å². The number of nitrogens with one attached hydrogen (secondary N) is 2. The average molecular weight is 428 g/mol. The van der Waals surface area contributed by atoms with Crippen molar-refractivity contribution in [2.75, 3.05) is 19.6 Å². The molecular weight excluding hydrogens is 398 g/mol. The van der Waals surface area contributed by atoms with E-state index >= 15 is 0 Å². The molecule has 6 nitrogen and oxygen atoms in total. The highest BCUT2D eigenvalue weighted by atomic mass is 32.1. The normalized spacial score (nSPS) is 15.4. The second kappa shape index (κ2) is 10.9. The molecule has 3 rings (SSSR count). The number of carbonyl (C=O) groups is 3. The Labute approximate surface area is 181 Å². The Morgan fingerprint density at radius 3 is 2.47 bits per heavy atom. The molecule has 1 aromatic heterocycles. The molecule has 0 radical (unpaired) electrons. The number of thiophene rings is 1. The van der Waals surface area contributed by atoms with E-state index in [1.54, 1.807) is 11.0 Å². The summed E-state index contributed by atoms with van der Waals surface area (Å²) in [6.45, 7) is 3.78. The van der Waals surface area contributed by atoms with E-state index in [9.17, 15) is 14.4 Å². The number of benzene rings is 1. The van der Waals surface area contributed by atoms with Crippen LogP contribution in [0.1, 0.15) is 41.4 Å². The van der Waals surface area contributed by atoms with Gasteiger partial charge in [-0.05, 0) is 36.3 Å². The second-order valence-corrected chi connectivity index (χ2v) is 8.53. The van der Waals surface area contributed by atoms with Crippen LogP contribution in [0.3, 0.4) is 0 Å². The highest BCUT2D eigenvalue weighted by Crippen LogP contribution is 2.19. The monoisotopic (exact) mass is 427 g/mol. The van der Waals surface area contributed by atoms with Gasteiger partial charge in [0.2, 0.25) is 11.8 Å². The minimum Gasteiger partial charge on any atom is -0.356 e. The molecule has 0 spiro atoms. The molecule has 2 heterocycles. The lowest BCUT2D eigenvalue weighted by molar-refractivity contribution is -0.137. The predicted octanol–water partition coefficient (Wildman–Crippen LogP) is 2.85. The van der Waals surface area contributed by atoms with Gasteiger partial charge in [0.05, 0.1) is 4.88 Å². The van der Waals surface area contributed by atoms with E-state index in [0.29, 0.717) is 43.8 Å². The molecule has 0 bridgehead atoms. The van der Waals surface area contributed by atoms with Crippen LogP contribution in [0.15, 0.2) is 47.8 Å². The number of nitrogens with zero attached hydrogens (tertiary/aromatic N) is 1. The first-order valence-corrected chi connectivity index (χ1v) is 11.4. The number of amides is 3. The van der Waals surface area contributed by atoms with Gasteiger partial charge in [-0.15, -0.1) is 11.3 Å². The van der Waals surface area contributed by atoms with E-state index in [-0.39, 0.29) is 23.6 Å². The topological polar surface area (TPSA) is 78.5 Å². The Kier molecular flexibility index (Phi) is 8.02. The molecule has 7 heteroatoms. The number of rotatable bonds is 8. The van der Waals surface area contributed by atoms with Crippen LogP contribution in [0.2, 0.25) is 0 Å². The van der Waals surface area contributed by atoms with Crippen molar-refractivity contribution >= 4 is 29.1 Å². The van der Waals surface area contributed by atoms with Crippen LogP contribution < -0.4 is 10.6 Å². The fraction of sp³-hybridized carbons (Fsp3) is 0.435. The largest absolute Gasteiger partial charge is 0.356 e. The van der Waals surface area contributed by atoms with Gasteiger partial charge in [0.1, 0.15) is 6.04 Å². The summed E-state index contributed by atoms with van der Waals surface area (Å²) >= 11 is 1.36. The lowest BCUT2D eigenvalue weighted by Crippen LogP contribution is -2.52. The molecule has 1 atom stereocenters. The Bertz CT molecular complexity index is 831. The van der Waals surface area contributed by atoms with Crippen LogP contribution in [0.5, 0.6) is 0 Å². The first-order chi connectivity index (χ1) is 14.6. The van der Waals surface area contributed by atoms with Gasteiger partial charge < -0.3 is 15.5 Å². The summed E-state index contributed by atoms with van der Waals surface area (Å²) in [4.78, 5) is 40.5. The number of hydrogen-bond acceptors (Lipinski definition) is 4. The van der Waals surface area contributed by atoms with Gasteiger partial charge in [-0.2, -0.15) is 0 Å². The number of piperidine rings is 1. The molecule has 0 aliphatic carbocycles. The lowest BCUT2D eigenvalue weighted by Gasteiger charge is -2.34. The molecule has 2 aromatic rings. The molecule has 1 aliphatic heterocycles. The third-order valence-corrected chi connectivity index (χ3v) is 6.23. The lowest BCUT2D eigenvalue weighted by atomic mass is 9.94. The van der Waals surface area contributed by atoms with Gasteiger partial charge in [0.15, 0.2) is 0 Å². The molecule has 1 aromatic carbocycles. The van der Waals surface area contributed by atoms with Crippen LogP contribution >= 0.6 is 11.3 Å². The highest BCUT2D eigenvalue weighted by Gasteiger charge is 2.31. The summed E-state index contributed by atoms with van der Waals surface area (Å²) < 4.78 is 0. The molecule has 2 N–H and O–H groups in total.